The number of nitrogens with zero attached hydrogens (tertiary/aromatic N) is 1. The summed E-state index contributed by atoms with van der Waals surface area (Å²) in [5, 5.41) is 9.94. The maximum absolute atomic E-state index is 12.6. The molecule has 0 radical (unpaired) electrons. The second-order valence-corrected chi connectivity index (χ2v) is 4.13. The molecule has 3 nitrogen and oxygen atoms in total. The molecule has 0 aliphatic rings. The fourth-order valence-corrected chi connectivity index (χ4v) is 1.25. The van der Waals surface area contributed by atoms with E-state index in [2.05, 4.69) is 5.32 Å². The molecule has 96 valence electrons. The zero-order valence-electron chi connectivity index (χ0n) is 9.18. The summed E-state index contributed by atoms with van der Waals surface area (Å²) in [6, 6.07) is 4.36. The number of carbonyl (C=O) groups excluding carboxylic acids is 1. The number of halogens is 4. The normalized spacial score (nSPS) is 12.7. The Bertz CT molecular complexity index is 506. The number of rotatable bonds is 2. The molecule has 0 aliphatic heterocycles. The standard InChI is InChI=1S/C11H8ClF3N2O/c1-6(12)10(18)17-8-3-2-7(5-16)9(4-8)11(13,14)15/h2-4,6H,1H3,(H,17,18). The van der Waals surface area contributed by atoms with E-state index < -0.39 is 28.6 Å². The third-order valence-corrected chi connectivity index (χ3v) is 2.27. The molecule has 1 amide bonds. The van der Waals surface area contributed by atoms with Gasteiger partial charge in [-0.05, 0) is 25.1 Å². The van der Waals surface area contributed by atoms with Crippen LogP contribution in [0, 0.1) is 11.3 Å². The zero-order valence-corrected chi connectivity index (χ0v) is 9.93. The number of carbonyl (C=O) groups is 1. The van der Waals surface area contributed by atoms with E-state index in [-0.39, 0.29) is 5.69 Å². The van der Waals surface area contributed by atoms with Gasteiger partial charge in [-0.1, -0.05) is 0 Å². The highest BCUT2D eigenvalue weighted by molar-refractivity contribution is 6.32. The lowest BCUT2D eigenvalue weighted by Crippen LogP contribution is -2.20. The fourth-order valence-electron chi connectivity index (χ4n) is 1.20. The molecule has 0 fully saturated rings. The lowest BCUT2D eigenvalue weighted by atomic mass is 10.1. The molecule has 1 unspecified atom stereocenters. The van der Waals surface area contributed by atoms with Crippen LogP contribution in [0.25, 0.3) is 0 Å². The maximum atomic E-state index is 12.6. The van der Waals surface area contributed by atoms with E-state index in [0.717, 1.165) is 6.07 Å². The zero-order chi connectivity index (χ0) is 13.9. The number of alkyl halides is 4. The number of anilines is 1. The summed E-state index contributed by atoms with van der Waals surface area (Å²) in [6.07, 6.45) is -4.65. The molecule has 0 aromatic heterocycles. The van der Waals surface area contributed by atoms with Gasteiger partial charge in [-0.15, -0.1) is 11.6 Å². The van der Waals surface area contributed by atoms with Gasteiger partial charge in [0.1, 0.15) is 5.38 Å². The summed E-state index contributed by atoms with van der Waals surface area (Å²) in [5.74, 6) is -0.616. The van der Waals surface area contributed by atoms with Crippen molar-refractivity contribution in [3.63, 3.8) is 0 Å². The molecule has 18 heavy (non-hydrogen) atoms. The first-order valence-electron chi connectivity index (χ1n) is 4.82. The van der Waals surface area contributed by atoms with E-state index in [9.17, 15) is 18.0 Å². The van der Waals surface area contributed by atoms with Gasteiger partial charge in [0.2, 0.25) is 5.91 Å². The molecule has 0 heterocycles. The smallest absolute Gasteiger partial charge is 0.325 e. The minimum Gasteiger partial charge on any atom is -0.325 e. The molecule has 1 N–H and O–H groups in total. The van der Waals surface area contributed by atoms with Crippen molar-refractivity contribution in [1.82, 2.24) is 0 Å². The first-order valence-corrected chi connectivity index (χ1v) is 5.25. The topological polar surface area (TPSA) is 52.9 Å². The predicted molar refractivity (Wildman–Crippen MR) is 60.1 cm³/mol. The minimum atomic E-state index is -4.65. The average molecular weight is 277 g/mol. The lowest BCUT2D eigenvalue weighted by Gasteiger charge is -2.12. The number of nitriles is 1. The van der Waals surface area contributed by atoms with Gasteiger partial charge >= 0.3 is 6.18 Å². The molecule has 1 rings (SSSR count). The first kappa shape index (κ1) is 14.3. The van der Waals surface area contributed by atoms with Crippen molar-refractivity contribution >= 4 is 23.2 Å². The molecule has 0 saturated heterocycles. The van der Waals surface area contributed by atoms with Crippen LogP contribution in [0.1, 0.15) is 18.1 Å². The molecule has 0 saturated carbocycles. The van der Waals surface area contributed by atoms with Crippen molar-refractivity contribution < 1.29 is 18.0 Å². The van der Waals surface area contributed by atoms with Crippen molar-refractivity contribution in [2.75, 3.05) is 5.32 Å². The van der Waals surface area contributed by atoms with Crippen LogP contribution in [-0.2, 0) is 11.0 Å². The van der Waals surface area contributed by atoms with E-state index in [0.29, 0.717) is 6.07 Å². The van der Waals surface area contributed by atoms with E-state index in [1.807, 2.05) is 0 Å². The van der Waals surface area contributed by atoms with Gasteiger partial charge in [0.15, 0.2) is 0 Å². The van der Waals surface area contributed by atoms with Gasteiger partial charge in [-0.2, -0.15) is 18.4 Å². The van der Waals surface area contributed by atoms with Gasteiger partial charge in [-0.3, -0.25) is 4.79 Å². The number of benzene rings is 1. The summed E-state index contributed by atoms with van der Waals surface area (Å²) in [7, 11) is 0. The summed E-state index contributed by atoms with van der Waals surface area (Å²) in [6.45, 7) is 1.39. The molecule has 1 aromatic rings. The van der Waals surface area contributed by atoms with Crippen molar-refractivity contribution in [2.45, 2.75) is 18.5 Å². The Morgan fingerprint density at radius 3 is 2.56 bits per heavy atom. The molecular weight excluding hydrogens is 269 g/mol. The lowest BCUT2D eigenvalue weighted by molar-refractivity contribution is -0.137. The van der Waals surface area contributed by atoms with Gasteiger partial charge in [0, 0.05) is 5.69 Å². The van der Waals surface area contributed by atoms with Crippen LogP contribution in [0.3, 0.4) is 0 Å². The second kappa shape index (κ2) is 5.27. The minimum absolute atomic E-state index is 0.0566. The summed E-state index contributed by atoms with van der Waals surface area (Å²) < 4.78 is 37.9. The van der Waals surface area contributed by atoms with Crippen LogP contribution >= 0.6 is 11.6 Å². The SMILES string of the molecule is CC(Cl)C(=O)Nc1ccc(C#N)c(C(F)(F)F)c1. The average Bonchev–Trinajstić information content (AvgIpc) is 2.27. The van der Waals surface area contributed by atoms with E-state index in [1.54, 1.807) is 0 Å². The van der Waals surface area contributed by atoms with Crippen LogP contribution in [0.4, 0.5) is 18.9 Å². The van der Waals surface area contributed by atoms with Crippen LogP contribution in [0.15, 0.2) is 18.2 Å². The highest BCUT2D eigenvalue weighted by Gasteiger charge is 2.34. The highest BCUT2D eigenvalue weighted by atomic mass is 35.5. The summed E-state index contributed by atoms with van der Waals surface area (Å²) in [4.78, 5) is 11.2. The number of nitrogens with one attached hydrogen (secondary N) is 1. The molecular formula is C11H8ClF3N2O. The van der Waals surface area contributed by atoms with Crippen molar-refractivity contribution in [3.05, 3.63) is 29.3 Å². The van der Waals surface area contributed by atoms with Gasteiger partial charge in [0.05, 0.1) is 17.2 Å². The summed E-state index contributed by atoms with van der Waals surface area (Å²) in [5.41, 5.74) is -1.65. The fraction of sp³-hybridized carbons (Fsp3) is 0.273. The monoisotopic (exact) mass is 276 g/mol. The van der Waals surface area contributed by atoms with Crippen LogP contribution < -0.4 is 5.32 Å². The maximum Gasteiger partial charge on any atom is 0.417 e. The third kappa shape index (κ3) is 3.37. The van der Waals surface area contributed by atoms with Gasteiger partial charge in [-0.25, -0.2) is 0 Å². The summed E-state index contributed by atoms with van der Waals surface area (Å²) >= 11 is 5.48. The predicted octanol–water partition coefficient (Wildman–Crippen LogP) is 3.14. The Balaban J connectivity index is 3.13. The Morgan fingerprint density at radius 1 is 1.50 bits per heavy atom. The van der Waals surface area contributed by atoms with Crippen LogP contribution in [0.2, 0.25) is 0 Å². The number of hydrogen-bond acceptors (Lipinski definition) is 2. The van der Waals surface area contributed by atoms with E-state index in [4.69, 9.17) is 16.9 Å². The largest absolute Gasteiger partial charge is 0.417 e. The van der Waals surface area contributed by atoms with E-state index in [1.165, 1.54) is 19.1 Å². The number of amides is 1. The Morgan fingerprint density at radius 2 is 2.11 bits per heavy atom. The van der Waals surface area contributed by atoms with Crippen molar-refractivity contribution in [2.24, 2.45) is 0 Å². The Hall–Kier alpha value is -1.74. The third-order valence-electron chi connectivity index (χ3n) is 2.07. The second-order valence-electron chi connectivity index (χ2n) is 3.48. The molecule has 1 aromatic carbocycles. The number of hydrogen-bond donors (Lipinski definition) is 1. The molecule has 0 bridgehead atoms. The highest BCUT2D eigenvalue weighted by Crippen LogP contribution is 2.33. The van der Waals surface area contributed by atoms with Gasteiger partial charge < -0.3 is 5.32 Å². The van der Waals surface area contributed by atoms with E-state index >= 15 is 0 Å². The van der Waals surface area contributed by atoms with Crippen LogP contribution in [-0.4, -0.2) is 11.3 Å². The molecule has 1 atom stereocenters. The first-order chi connectivity index (χ1) is 8.25. The Labute approximate surface area is 106 Å². The van der Waals surface area contributed by atoms with Gasteiger partial charge in [0.25, 0.3) is 0 Å². The quantitative estimate of drug-likeness (QED) is 0.844. The van der Waals surface area contributed by atoms with Crippen LogP contribution in [0.5, 0.6) is 0 Å². The molecule has 0 spiro atoms. The van der Waals surface area contributed by atoms with Crippen molar-refractivity contribution in [1.29, 1.82) is 5.26 Å². The molecule has 7 heteroatoms. The van der Waals surface area contributed by atoms with Crippen molar-refractivity contribution in [3.8, 4) is 6.07 Å². The molecule has 0 aliphatic carbocycles. The Kier molecular flexibility index (Phi) is 4.19.